The maximum absolute atomic E-state index is 12.9. The number of nitrogens with zero attached hydrogens (tertiary/aromatic N) is 3. The van der Waals surface area contributed by atoms with E-state index in [4.69, 9.17) is 9.47 Å². The van der Waals surface area contributed by atoms with Gasteiger partial charge >= 0.3 is 0 Å². The number of rotatable bonds is 9. The summed E-state index contributed by atoms with van der Waals surface area (Å²) in [5, 5.41) is 4.40. The number of hydrogen-bond donors (Lipinski definition) is 0. The number of fused-ring (bicyclic) bond motifs is 1. The third kappa shape index (κ3) is 5.02. The zero-order valence-corrected chi connectivity index (χ0v) is 20.4. The molecule has 0 aliphatic rings. The summed E-state index contributed by atoms with van der Waals surface area (Å²) in [5.41, 5.74) is 1.54. The first-order valence-electron chi connectivity index (χ1n) is 10.6. The van der Waals surface area contributed by atoms with E-state index >= 15 is 0 Å². The van der Waals surface area contributed by atoms with Gasteiger partial charge in [-0.2, -0.15) is 9.50 Å². The largest absolute Gasteiger partial charge is 0.493 e. The van der Waals surface area contributed by atoms with E-state index in [9.17, 15) is 4.79 Å². The highest BCUT2D eigenvalue weighted by molar-refractivity contribution is 9.10. The van der Waals surface area contributed by atoms with Crippen LogP contribution in [0.15, 0.2) is 51.7 Å². The molecule has 6 nitrogen and oxygen atoms in total. The van der Waals surface area contributed by atoms with Crippen molar-refractivity contribution < 1.29 is 9.47 Å². The Morgan fingerprint density at radius 3 is 2.62 bits per heavy atom. The van der Waals surface area contributed by atoms with Crippen molar-refractivity contribution in [3.8, 4) is 22.9 Å². The number of unbranched alkanes of at least 4 members (excludes halogenated alkanes) is 3. The van der Waals surface area contributed by atoms with Gasteiger partial charge in [-0.3, -0.25) is 4.79 Å². The molecule has 0 spiro atoms. The maximum Gasteiger partial charge on any atom is 0.291 e. The van der Waals surface area contributed by atoms with Crippen molar-refractivity contribution in [2.24, 2.45) is 0 Å². The van der Waals surface area contributed by atoms with E-state index in [1.54, 1.807) is 7.11 Å². The van der Waals surface area contributed by atoms with Gasteiger partial charge in [-0.15, -0.1) is 5.10 Å². The fraction of sp³-hybridized carbons (Fsp3) is 0.292. The summed E-state index contributed by atoms with van der Waals surface area (Å²) >= 11 is 4.74. The van der Waals surface area contributed by atoms with E-state index in [1.165, 1.54) is 28.7 Å². The molecule has 0 amide bonds. The second-order valence-corrected chi connectivity index (χ2v) is 9.30. The van der Waals surface area contributed by atoms with Crippen molar-refractivity contribution in [3.63, 3.8) is 0 Å². The number of ether oxygens (including phenoxy) is 2. The lowest BCUT2D eigenvalue weighted by atomic mass is 10.2. The average molecular weight is 514 g/mol. The smallest absolute Gasteiger partial charge is 0.291 e. The highest BCUT2D eigenvalue weighted by Gasteiger charge is 2.12. The van der Waals surface area contributed by atoms with Crippen LogP contribution in [0.1, 0.15) is 38.2 Å². The average Bonchev–Trinajstić information content (AvgIpc) is 3.34. The van der Waals surface area contributed by atoms with E-state index in [2.05, 4.69) is 32.9 Å². The zero-order chi connectivity index (χ0) is 22.5. The van der Waals surface area contributed by atoms with Crippen LogP contribution in [0.2, 0.25) is 0 Å². The van der Waals surface area contributed by atoms with E-state index in [1.807, 2.05) is 48.5 Å². The molecule has 0 fully saturated rings. The molecule has 2 aromatic heterocycles. The van der Waals surface area contributed by atoms with Crippen molar-refractivity contribution in [1.29, 1.82) is 0 Å². The zero-order valence-electron chi connectivity index (χ0n) is 18.0. The molecule has 0 atom stereocenters. The molecule has 0 bridgehead atoms. The van der Waals surface area contributed by atoms with Gasteiger partial charge in [-0.05, 0) is 42.3 Å². The number of halogens is 1. The molecule has 0 aliphatic heterocycles. The molecular weight excluding hydrogens is 490 g/mol. The number of hydrogen-bond acceptors (Lipinski definition) is 6. The Morgan fingerprint density at radius 1 is 1.09 bits per heavy atom. The number of thiazole rings is 1. The van der Waals surface area contributed by atoms with Gasteiger partial charge in [0, 0.05) is 10.0 Å². The summed E-state index contributed by atoms with van der Waals surface area (Å²) in [6.07, 6.45) is 6.43. The summed E-state index contributed by atoms with van der Waals surface area (Å²) in [4.78, 5) is 18.0. The molecule has 0 saturated heterocycles. The summed E-state index contributed by atoms with van der Waals surface area (Å²) in [6.45, 7) is 2.85. The molecule has 4 rings (SSSR count). The second kappa shape index (κ2) is 10.3. The first-order valence-corrected chi connectivity index (χ1v) is 12.2. The minimum atomic E-state index is -0.184. The van der Waals surface area contributed by atoms with Gasteiger partial charge in [0.1, 0.15) is 0 Å². The molecule has 0 aliphatic carbocycles. The number of benzene rings is 2. The Kier molecular flexibility index (Phi) is 7.22. The SMILES string of the molecule is CCCCCCOc1ccc(C=c2sc3nc(-c4ccc(Br)cc4)nn3c2=O)cc1OC. The monoisotopic (exact) mass is 513 g/mol. The van der Waals surface area contributed by atoms with Crippen LogP contribution in [0, 0.1) is 0 Å². The van der Waals surface area contributed by atoms with Crippen LogP contribution in [0.4, 0.5) is 0 Å². The highest BCUT2D eigenvalue weighted by Crippen LogP contribution is 2.28. The van der Waals surface area contributed by atoms with Crippen molar-refractivity contribution in [2.45, 2.75) is 32.6 Å². The van der Waals surface area contributed by atoms with Crippen LogP contribution in [-0.2, 0) is 0 Å². The highest BCUT2D eigenvalue weighted by atomic mass is 79.9. The van der Waals surface area contributed by atoms with E-state index in [0.29, 0.717) is 33.4 Å². The lowest BCUT2D eigenvalue weighted by Crippen LogP contribution is -2.23. The quantitative estimate of drug-likeness (QED) is 0.291. The standard InChI is InChI=1S/C24H24BrN3O3S/c1-3-4-5-6-13-31-19-12-7-16(14-20(19)30-2)15-21-23(29)28-24(32-21)26-22(27-28)17-8-10-18(25)11-9-17/h7-12,14-15H,3-6,13H2,1-2H3. The summed E-state index contributed by atoms with van der Waals surface area (Å²) in [6, 6.07) is 13.4. The molecule has 8 heteroatoms. The topological polar surface area (TPSA) is 65.7 Å². The van der Waals surface area contributed by atoms with Gasteiger partial charge in [0.2, 0.25) is 4.96 Å². The van der Waals surface area contributed by atoms with Crippen molar-refractivity contribution >= 4 is 38.3 Å². The summed E-state index contributed by atoms with van der Waals surface area (Å²) < 4.78 is 14.3. The molecule has 0 saturated carbocycles. The maximum atomic E-state index is 12.9. The fourth-order valence-corrected chi connectivity index (χ4v) is 4.48. The first kappa shape index (κ1) is 22.5. The molecule has 2 heterocycles. The molecular formula is C24H24BrN3O3S. The molecule has 0 unspecified atom stereocenters. The molecule has 0 radical (unpaired) electrons. The van der Waals surface area contributed by atoms with Crippen LogP contribution in [0.25, 0.3) is 22.4 Å². The van der Waals surface area contributed by atoms with Gasteiger partial charge < -0.3 is 9.47 Å². The lowest BCUT2D eigenvalue weighted by Gasteiger charge is -2.11. The minimum absolute atomic E-state index is 0.184. The van der Waals surface area contributed by atoms with Crippen LogP contribution in [0.3, 0.4) is 0 Å². The number of aromatic nitrogens is 3. The number of methoxy groups -OCH3 is 1. The van der Waals surface area contributed by atoms with Gasteiger partial charge in [0.05, 0.1) is 18.2 Å². The summed E-state index contributed by atoms with van der Waals surface area (Å²) in [7, 11) is 1.62. The van der Waals surface area contributed by atoms with Crippen molar-refractivity contribution in [1.82, 2.24) is 14.6 Å². The Hall–Kier alpha value is -2.71. The normalized spacial score (nSPS) is 11.9. The van der Waals surface area contributed by atoms with Gasteiger partial charge in [-0.1, -0.05) is 71.7 Å². The third-order valence-electron chi connectivity index (χ3n) is 5.03. The van der Waals surface area contributed by atoms with E-state index in [-0.39, 0.29) is 5.56 Å². The Labute approximate surface area is 198 Å². The van der Waals surface area contributed by atoms with Crippen molar-refractivity contribution in [2.75, 3.05) is 13.7 Å². The van der Waals surface area contributed by atoms with E-state index in [0.717, 1.165) is 28.4 Å². The fourth-order valence-electron chi connectivity index (χ4n) is 3.31. The lowest BCUT2D eigenvalue weighted by molar-refractivity contribution is 0.285. The van der Waals surface area contributed by atoms with Crippen molar-refractivity contribution in [3.05, 3.63) is 67.4 Å². The minimum Gasteiger partial charge on any atom is -0.493 e. The van der Waals surface area contributed by atoms with Crippen LogP contribution < -0.4 is 19.6 Å². The molecule has 166 valence electrons. The van der Waals surface area contributed by atoms with Crippen LogP contribution in [-0.4, -0.2) is 28.3 Å². The molecule has 4 aromatic rings. The van der Waals surface area contributed by atoms with Gasteiger partial charge in [0.25, 0.3) is 5.56 Å². The summed E-state index contributed by atoms with van der Waals surface area (Å²) in [5.74, 6) is 1.90. The molecule has 0 N–H and O–H groups in total. The van der Waals surface area contributed by atoms with Crippen LogP contribution in [0.5, 0.6) is 11.5 Å². The van der Waals surface area contributed by atoms with Gasteiger partial charge in [-0.25, -0.2) is 0 Å². The second-order valence-electron chi connectivity index (χ2n) is 7.37. The Balaban J connectivity index is 1.57. The molecule has 32 heavy (non-hydrogen) atoms. The predicted molar refractivity (Wildman–Crippen MR) is 132 cm³/mol. The van der Waals surface area contributed by atoms with E-state index < -0.39 is 0 Å². The Morgan fingerprint density at radius 2 is 1.91 bits per heavy atom. The predicted octanol–water partition coefficient (Wildman–Crippen LogP) is 5.10. The third-order valence-corrected chi connectivity index (χ3v) is 6.51. The Bertz CT molecular complexity index is 1320. The van der Waals surface area contributed by atoms with Crippen LogP contribution >= 0.6 is 27.3 Å². The first-order chi connectivity index (χ1) is 15.6. The molecule has 2 aromatic carbocycles. The van der Waals surface area contributed by atoms with Gasteiger partial charge in [0.15, 0.2) is 17.3 Å².